The van der Waals surface area contributed by atoms with Crippen LogP contribution in [0, 0.1) is 10.1 Å². The molecule has 134 valence electrons. The first-order valence-electron chi connectivity index (χ1n) is 8.28. The standard InChI is InChI=1S/C18H18N4O4/c23-12-13-1-3-14(4-2-13)18(24)21-9-7-15(8-10-21)20-17-6-5-16(11-19-17)22(25)26/h1-6,11-12,15H,7-10H2,(H,19,20). The normalized spacial score (nSPS) is 14.7. The molecule has 8 nitrogen and oxygen atoms in total. The summed E-state index contributed by atoms with van der Waals surface area (Å²) in [5.74, 6) is 0.541. The maximum absolute atomic E-state index is 12.5. The van der Waals surface area contributed by atoms with Crippen molar-refractivity contribution >= 4 is 23.7 Å². The minimum absolute atomic E-state index is 0.0448. The summed E-state index contributed by atoms with van der Waals surface area (Å²) in [7, 11) is 0. The summed E-state index contributed by atoms with van der Waals surface area (Å²) >= 11 is 0. The van der Waals surface area contributed by atoms with E-state index in [-0.39, 0.29) is 17.6 Å². The molecule has 1 aromatic carbocycles. The average Bonchev–Trinajstić information content (AvgIpc) is 2.68. The Kier molecular flexibility index (Phi) is 5.21. The molecule has 1 aromatic heterocycles. The highest BCUT2D eigenvalue weighted by Crippen LogP contribution is 2.19. The SMILES string of the molecule is O=Cc1ccc(C(=O)N2CCC(Nc3ccc([N+](=O)[O-])cn3)CC2)cc1. The van der Waals surface area contributed by atoms with Gasteiger partial charge in [-0.3, -0.25) is 19.7 Å². The summed E-state index contributed by atoms with van der Waals surface area (Å²) in [5, 5.41) is 13.9. The Morgan fingerprint density at radius 2 is 1.88 bits per heavy atom. The third-order valence-corrected chi connectivity index (χ3v) is 4.39. The van der Waals surface area contributed by atoms with Gasteiger partial charge in [0.05, 0.1) is 4.92 Å². The van der Waals surface area contributed by atoms with Gasteiger partial charge < -0.3 is 10.2 Å². The van der Waals surface area contributed by atoms with E-state index in [0.717, 1.165) is 19.1 Å². The van der Waals surface area contributed by atoms with Crippen LogP contribution in [0.25, 0.3) is 0 Å². The number of nitro groups is 1. The van der Waals surface area contributed by atoms with Gasteiger partial charge in [0.1, 0.15) is 18.3 Å². The van der Waals surface area contributed by atoms with E-state index in [1.54, 1.807) is 35.2 Å². The third-order valence-electron chi connectivity index (χ3n) is 4.39. The van der Waals surface area contributed by atoms with Crippen LogP contribution >= 0.6 is 0 Å². The number of carbonyl (C=O) groups excluding carboxylic acids is 2. The zero-order valence-electron chi connectivity index (χ0n) is 14.0. The molecule has 8 heteroatoms. The summed E-state index contributed by atoms with van der Waals surface area (Å²) in [4.78, 5) is 39.2. The summed E-state index contributed by atoms with van der Waals surface area (Å²) in [6, 6.07) is 9.75. The van der Waals surface area contributed by atoms with Crippen LogP contribution < -0.4 is 5.32 Å². The molecule has 1 aliphatic rings. The molecule has 0 bridgehead atoms. The highest BCUT2D eigenvalue weighted by Gasteiger charge is 2.23. The van der Waals surface area contributed by atoms with Crippen molar-refractivity contribution in [2.24, 2.45) is 0 Å². The molecule has 1 saturated heterocycles. The van der Waals surface area contributed by atoms with Crippen LogP contribution in [0.3, 0.4) is 0 Å². The topological polar surface area (TPSA) is 105 Å². The second-order valence-corrected chi connectivity index (χ2v) is 6.11. The number of carbonyl (C=O) groups is 2. The van der Waals surface area contributed by atoms with E-state index in [9.17, 15) is 19.7 Å². The first-order valence-corrected chi connectivity index (χ1v) is 8.28. The van der Waals surface area contributed by atoms with Crippen LogP contribution in [0.4, 0.5) is 11.5 Å². The highest BCUT2D eigenvalue weighted by molar-refractivity contribution is 5.95. The molecule has 0 aliphatic carbocycles. The van der Waals surface area contributed by atoms with Crippen molar-refractivity contribution in [3.8, 4) is 0 Å². The van der Waals surface area contributed by atoms with Crippen molar-refractivity contribution in [3.05, 3.63) is 63.8 Å². The second-order valence-electron chi connectivity index (χ2n) is 6.11. The van der Waals surface area contributed by atoms with Gasteiger partial charge in [-0.05, 0) is 31.0 Å². The number of piperidine rings is 1. The first kappa shape index (κ1) is 17.5. The molecule has 0 radical (unpaired) electrons. The molecule has 26 heavy (non-hydrogen) atoms. The Morgan fingerprint density at radius 1 is 1.19 bits per heavy atom. The zero-order valence-corrected chi connectivity index (χ0v) is 14.0. The third kappa shape index (κ3) is 4.02. The molecule has 0 saturated carbocycles. The van der Waals surface area contributed by atoms with Crippen molar-refractivity contribution in [2.45, 2.75) is 18.9 Å². The lowest BCUT2D eigenvalue weighted by Crippen LogP contribution is -2.42. The van der Waals surface area contributed by atoms with E-state index in [0.29, 0.717) is 30.0 Å². The predicted octanol–water partition coefficient (Wildman–Crippen LogP) is 2.52. The van der Waals surface area contributed by atoms with Crippen molar-refractivity contribution in [2.75, 3.05) is 18.4 Å². The summed E-state index contributed by atoms with van der Waals surface area (Å²) in [5.41, 5.74) is 1.07. The quantitative estimate of drug-likeness (QED) is 0.502. The molecular weight excluding hydrogens is 336 g/mol. The number of hydrogen-bond donors (Lipinski definition) is 1. The van der Waals surface area contributed by atoms with E-state index in [2.05, 4.69) is 10.3 Å². The Hall–Kier alpha value is -3.29. The van der Waals surface area contributed by atoms with Gasteiger partial charge in [0.2, 0.25) is 0 Å². The molecular formula is C18H18N4O4. The number of anilines is 1. The van der Waals surface area contributed by atoms with Crippen LogP contribution in [0.2, 0.25) is 0 Å². The van der Waals surface area contributed by atoms with Crippen molar-refractivity contribution in [3.63, 3.8) is 0 Å². The monoisotopic (exact) mass is 354 g/mol. The number of aldehydes is 1. The van der Waals surface area contributed by atoms with Gasteiger partial charge in [-0.1, -0.05) is 12.1 Å². The number of nitrogens with zero attached hydrogens (tertiary/aromatic N) is 3. The molecule has 1 aliphatic heterocycles. The predicted molar refractivity (Wildman–Crippen MR) is 95.3 cm³/mol. The minimum atomic E-state index is -0.484. The largest absolute Gasteiger partial charge is 0.367 e. The van der Waals surface area contributed by atoms with Crippen molar-refractivity contribution in [1.82, 2.24) is 9.88 Å². The van der Waals surface area contributed by atoms with Crippen LogP contribution in [0.1, 0.15) is 33.6 Å². The van der Waals surface area contributed by atoms with E-state index in [1.165, 1.54) is 12.3 Å². The van der Waals surface area contributed by atoms with Crippen LogP contribution in [0.15, 0.2) is 42.6 Å². The molecule has 1 N–H and O–H groups in total. The molecule has 1 amide bonds. The van der Waals surface area contributed by atoms with E-state index in [1.807, 2.05) is 0 Å². The number of rotatable bonds is 5. The van der Waals surface area contributed by atoms with Gasteiger partial charge in [-0.25, -0.2) is 4.98 Å². The van der Waals surface area contributed by atoms with Gasteiger partial charge in [0.25, 0.3) is 11.6 Å². The maximum atomic E-state index is 12.5. The molecule has 0 atom stereocenters. The van der Waals surface area contributed by atoms with Crippen molar-refractivity contribution in [1.29, 1.82) is 0 Å². The Labute approximate surface area is 150 Å². The minimum Gasteiger partial charge on any atom is -0.367 e. The Morgan fingerprint density at radius 3 is 2.42 bits per heavy atom. The molecule has 0 spiro atoms. The maximum Gasteiger partial charge on any atom is 0.287 e. The lowest BCUT2D eigenvalue weighted by molar-refractivity contribution is -0.385. The first-order chi connectivity index (χ1) is 12.6. The Balaban J connectivity index is 1.54. The highest BCUT2D eigenvalue weighted by atomic mass is 16.6. The van der Waals surface area contributed by atoms with Crippen molar-refractivity contribution < 1.29 is 14.5 Å². The molecule has 2 aromatic rings. The summed E-state index contributed by atoms with van der Waals surface area (Å²) < 4.78 is 0. The fourth-order valence-corrected chi connectivity index (χ4v) is 2.90. The number of hydrogen-bond acceptors (Lipinski definition) is 6. The van der Waals surface area contributed by atoms with Gasteiger partial charge in [-0.2, -0.15) is 0 Å². The average molecular weight is 354 g/mol. The van der Waals surface area contributed by atoms with E-state index in [4.69, 9.17) is 0 Å². The Bertz CT molecular complexity index is 797. The van der Waals surface area contributed by atoms with Gasteiger partial charge in [0.15, 0.2) is 0 Å². The van der Waals surface area contributed by atoms with Gasteiger partial charge >= 0.3 is 0 Å². The lowest BCUT2D eigenvalue weighted by atomic mass is 10.0. The molecule has 3 rings (SSSR count). The summed E-state index contributed by atoms with van der Waals surface area (Å²) in [6.45, 7) is 1.22. The number of aromatic nitrogens is 1. The fraction of sp³-hybridized carbons (Fsp3) is 0.278. The van der Waals surface area contributed by atoms with Crippen LogP contribution in [-0.2, 0) is 0 Å². The number of benzene rings is 1. The molecule has 1 fully saturated rings. The van der Waals surface area contributed by atoms with Crippen LogP contribution in [0.5, 0.6) is 0 Å². The summed E-state index contributed by atoms with van der Waals surface area (Å²) in [6.07, 6.45) is 3.50. The van der Waals surface area contributed by atoms with E-state index >= 15 is 0 Å². The zero-order chi connectivity index (χ0) is 18.5. The lowest BCUT2D eigenvalue weighted by Gasteiger charge is -2.32. The van der Waals surface area contributed by atoms with Gasteiger partial charge in [0, 0.05) is 36.3 Å². The number of pyridine rings is 1. The van der Waals surface area contributed by atoms with Gasteiger partial charge in [-0.15, -0.1) is 0 Å². The number of likely N-dealkylation sites (tertiary alicyclic amines) is 1. The van der Waals surface area contributed by atoms with Crippen LogP contribution in [-0.4, -0.2) is 46.1 Å². The van der Waals surface area contributed by atoms with E-state index < -0.39 is 4.92 Å². The fourth-order valence-electron chi connectivity index (χ4n) is 2.90. The smallest absolute Gasteiger partial charge is 0.287 e. The number of nitrogens with one attached hydrogen (secondary N) is 1. The molecule has 2 heterocycles. The second kappa shape index (κ2) is 7.73. The molecule has 0 unspecified atom stereocenters. The number of amides is 1.